The molecule has 0 aromatic carbocycles. The number of rotatable bonds is 6. The fourth-order valence-electron chi connectivity index (χ4n) is 2.21. The van der Waals surface area contributed by atoms with Crippen molar-refractivity contribution in [1.29, 1.82) is 0 Å². The summed E-state index contributed by atoms with van der Waals surface area (Å²) in [6.45, 7) is 10.5. The van der Waals surface area contributed by atoms with Crippen molar-refractivity contribution < 1.29 is 19.1 Å². The van der Waals surface area contributed by atoms with Crippen LogP contribution in [0.15, 0.2) is 0 Å². The lowest BCUT2D eigenvalue weighted by atomic mass is 10.0. The molecule has 1 saturated heterocycles. The minimum Gasteiger partial charge on any atom is -0.353 e. The zero-order valence-electron chi connectivity index (χ0n) is 13.8. The molecule has 4 nitrogen and oxygen atoms in total. The summed E-state index contributed by atoms with van der Waals surface area (Å²) in [5, 5.41) is -0.0914. The second-order valence-corrected chi connectivity index (χ2v) is 8.71. The van der Waals surface area contributed by atoms with E-state index >= 15 is 0 Å². The summed E-state index contributed by atoms with van der Waals surface area (Å²) in [5.74, 6) is -0.101. The molecule has 5 heteroatoms. The highest BCUT2D eigenvalue weighted by molar-refractivity contribution is 8.14. The van der Waals surface area contributed by atoms with E-state index in [1.54, 1.807) is 0 Å². The Labute approximate surface area is 132 Å². The zero-order chi connectivity index (χ0) is 16.0. The smallest absolute Gasteiger partial charge is 0.196 e. The van der Waals surface area contributed by atoms with Gasteiger partial charge in [-0.05, 0) is 25.2 Å². The van der Waals surface area contributed by atoms with Gasteiger partial charge in [0.2, 0.25) is 0 Å². The molecule has 1 unspecified atom stereocenters. The van der Waals surface area contributed by atoms with E-state index in [0.717, 1.165) is 19.3 Å². The molecule has 1 rings (SSSR count). The molecule has 21 heavy (non-hydrogen) atoms. The quantitative estimate of drug-likeness (QED) is 0.701. The van der Waals surface area contributed by atoms with Gasteiger partial charge in [0.25, 0.3) is 0 Å². The van der Waals surface area contributed by atoms with E-state index < -0.39 is 6.10 Å². The van der Waals surface area contributed by atoms with E-state index in [9.17, 15) is 9.59 Å². The number of carbonyl (C=O) groups is 2. The van der Waals surface area contributed by atoms with E-state index in [1.165, 1.54) is 11.8 Å². The van der Waals surface area contributed by atoms with Crippen molar-refractivity contribution in [3.05, 3.63) is 0 Å². The van der Waals surface area contributed by atoms with Crippen LogP contribution in [-0.4, -0.2) is 34.6 Å². The number of hydrogen-bond acceptors (Lipinski definition) is 5. The fourth-order valence-corrected chi connectivity index (χ4v) is 3.10. The Hall–Kier alpha value is -0.390. The SMILES string of the molecule is CC(C)[C@H](OC1CCCCO1)C(=O)CC(=O)SC(C)(C)C. The van der Waals surface area contributed by atoms with Crippen molar-refractivity contribution in [2.24, 2.45) is 5.92 Å². The molecule has 0 aromatic rings. The van der Waals surface area contributed by atoms with Crippen molar-refractivity contribution in [3.8, 4) is 0 Å². The predicted molar refractivity (Wildman–Crippen MR) is 85.3 cm³/mol. The van der Waals surface area contributed by atoms with Crippen molar-refractivity contribution in [1.82, 2.24) is 0 Å². The highest BCUT2D eigenvalue weighted by Crippen LogP contribution is 2.26. The van der Waals surface area contributed by atoms with E-state index in [-0.39, 0.29) is 34.3 Å². The van der Waals surface area contributed by atoms with Crippen LogP contribution < -0.4 is 0 Å². The molecule has 0 bridgehead atoms. The van der Waals surface area contributed by atoms with Gasteiger partial charge in [0.15, 0.2) is 17.2 Å². The molecule has 0 radical (unpaired) electrons. The normalized spacial score (nSPS) is 21.3. The third-order valence-electron chi connectivity index (χ3n) is 3.10. The van der Waals surface area contributed by atoms with Crippen LogP contribution in [0.3, 0.4) is 0 Å². The topological polar surface area (TPSA) is 52.6 Å². The highest BCUT2D eigenvalue weighted by Gasteiger charge is 2.30. The Morgan fingerprint density at radius 3 is 2.43 bits per heavy atom. The van der Waals surface area contributed by atoms with E-state index in [0.29, 0.717) is 6.61 Å². The van der Waals surface area contributed by atoms with Crippen molar-refractivity contribution >= 4 is 22.7 Å². The molecule has 1 aliphatic rings. The maximum Gasteiger partial charge on any atom is 0.196 e. The van der Waals surface area contributed by atoms with Crippen LogP contribution in [0.25, 0.3) is 0 Å². The lowest BCUT2D eigenvalue weighted by Gasteiger charge is -2.29. The molecule has 0 spiro atoms. The molecule has 0 amide bonds. The van der Waals surface area contributed by atoms with Gasteiger partial charge in [-0.3, -0.25) is 9.59 Å². The first-order chi connectivity index (χ1) is 9.69. The summed E-state index contributed by atoms with van der Waals surface area (Å²) in [4.78, 5) is 24.3. The average Bonchev–Trinajstić information content (AvgIpc) is 2.34. The Bertz CT molecular complexity index is 354. The first-order valence-corrected chi connectivity index (χ1v) is 8.52. The maximum atomic E-state index is 12.3. The van der Waals surface area contributed by atoms with Gasteiger partial charge in [0.1, 0.15) is 6.10 Å². The summed E-state index contributed by atoms with van der Waals surface area (Å²) in [7, 11) is 0. The number of carbonyl (C=O) groups excluding carboxylic acids is 2. The Morgan fingerprint density at radius 1 is 1.29 bits per heavy atom. The Balaban J connectivity index is 2.54. The minimum absolute atomic E-state index is 0.0375. The highest BCUT2D eigenvalue weighted by atomic mass is 32.2. The molecular weight excluding hydrogens is 288 g/mol. The monoisotopic (exact) mass is 316 g/mol. The van der Waals surface area contributed by atoms with E-state index in [4.69, 9.17) is 9.47 Å². The predicted octanol–water partition coefficient (Wildman–Crippen LogP) is 3.57. The summed E-state index contributed by atoms with van der Waals surface area (Å²) in [6, 6.07) is 0. The summed E-state index contributed by atoms with van der Waals surface area (Å²) in [6.07, 6.45) is 1.99. The van der Waals surface area contributed by atoms with Crippen molar-refractivity contribution in [2.75, 3.05) is 6.61 Å². The van der Waals surface area contributed by atoms with Crippen LogP contribution in [0, 0.1) is 5.92 Å². The van der Waals surface area contributed by atoms with Crippen molar-refractivity contribution in [3.63, 3.8) is 0 Å². The van der Waals surface area contributed by atoms with E-state index in [1.807, 2.05) is 34.6 Å². The number of thioether (sulfide) groups is 1. The van der Waals surface area contributed by atoms with Crippen LogP contribution in [0.2, 0.25) is 0 Å². The Kier molecular flexibility index (Phi) is 7.37. The van der Waals surface area contributed by atoms with Crippen LogP contribution in [0.4, 0.5) is 0 Å². The van der Waals surface area contributed by atoms with Crippen LogP contribution in [-0.2, 0) is 19.1 Å². The van der Waals surface area contributed by atoms with Crippen LogP contribution in [0.5, 0.6) is 0 Å². The van der Waals surface area contributed by atoms with Gasteiger partial charge in [0.05, 0.1) is 6.42 Å². The second-order valence-electron chi connectivity index (χ2n) is 6.83. The summed E-state index contributed by atoms with van der Waals surface area (Å²) >= 11 is 1.21. The largest absolute Gasteiger partial charge is 0.353 e. The molecule has 1 aliphatic heterocycles. The number of ether oxygens (including phenoxy) is 2. The molecule has 1 fully saturated rings. The zero-order valence-corrected chi connectivity index (χ0v) is 14.6. The maximum absolute atomic E-state index is 12.3. The molecule has 122 valence electrons. The van der Waals surface area contributed by atoms with E-state index in [2.05, 4.69) is 0 Å². The first kappa shape index (κ1) is 18.7. The molecular formula is C16H28O4S. The first-order valence-electron chi connectivity index (χ1n) is 7.70. The van der Waals surface area contributed by atoms with Gasteiger partial charge >= 0.3 is 0 Å². The van der Waals surface area contributed by atoms with Gasteiger partial charge in [-0.25, -0.2) is 0 Å². The van der Waals surface area contributed by atoms with Gasteiger partial charge < -0.3 is 9.47 Å². The molecule has 0 saturated carbocycles. The number of hydrogen-bond donors (Lipinski definition) is 0. The fraction of sp³-hybridized carbons (Fsp3) is 0.875. The molecule has 0 aromatic heterocycles. The number of Topliss-reactive ketones (excluding diaryl/α,β-unsaturated/α-hetero) is 1. The van der Waals surface area contributed by atoms with Gasteiger partial charge in [-0.2, -0.15) is 0 Å². The minimum atomic E-state index is -0.558. The van der Waals surface area contributed by atoms with Gasteiger partial charge in [0, 0.05) is 11.4 Å². The molecule has 0 N–H and O–H groups in total. The summed E-state index contributed by atoms with van der Waals surface area (Å²) < 4.78 is 11.2. The standard InChI is InChI=1S/C16H28O4S/c1-11(2)15(20-14-8-6-7-9-19-14)12(17)10-13(18)21-16(3,4)5/h11,14-15H,6-10H2,1-5H3/t14?,15-/m0/s1. The van der Waals surface area contributed by atoms with Gasteiger partial charge in [-0.1, -0.05) is 46.4 Å². The number of ketones is 1. The summed E-state index contributed by atoms with van der Waals surface area (Å²) in [5.41, 5.74) is 0. The van der Waals surface area contributed by atoms with Crippen LogP contribution in [0.1, 0.15) is 60.3 Å². The average molecular weight is 316 g/mol. The third-order valence-corrected chi connectivity index (χ3v) is 4.08. The third kappa shape index (κ3) is 7.43. The lowest BCUT2D eigenvalue weighted by molar-refractivity contribution is -0.198. The van der Waals surface area contributed by atoms with Crippen molar-refractivity contribution in [2.45, 2.75) is 77.4 Å². The van der Waals surface area contributed by atoms with Gasteiger partial charge in [-0.15, -0.1) is 0 Å². The Morgan fingerprint density at radius 2 is 1.95 bits per heavy atom. The second kappa shape index (κ2) is 8.30. The van der Waals surface area contributed by atoms with Crippen LogP contribution >= 0.6 is 11.8 Å². The molecule has 0 aliphatic carbocycles. The molecule has 2 atom stereocenters. The molecule has 1 heterocycles. The lowest BCUT2D eigenvalue weighted by Crippen LogP contribution is -2.37.